The Bertz CT molecular complexity index is 692. The van der Waals surface area contributed by atoms with Crippen LogP contribution in [0.4, 0.5) is 0 Å². The second-order valence-corrected chi connectivity index (χ2v) is 4.20. The number of fused-ring (bicyclic) bond motifs is 1. The van der Waals surface area contributed by atoms with Crippen LogP contribution in [0.1, 0.15) is 11.4 Å². The van der Waals surface area contributed by atoms with Crippen LogP contribution in [0.25, 0.3) is 16.9 Å². The Balaban J connectivity index is 2.34. The molecule has 0 N–H and O–H groups in total. The quantitative estimate of drug-likeness (QED) is 0.636. The van der Waals surface area contributed by atoms with Crippen molar-refractivity contribution in [2.24, 2.45) is 7.05 Å². The van der Waals surface area contributed by atoms with Crippen molar-refractivity contribution >= 4 is 11.0 Å². The summed E-state index contributed by atoms with van der Waals surface area (Å²) in [6.45, 7) is 3.99. The van der Waals surface area contributed by atoms with Crippen molar-refractivity contribution in [1.82, 2.24) is 24.3 Å². The van der Waals surface area contributed by atoms with Gasteiger partial charge in [0.15, 0.2) is 5.82 Å². The van der Waals surface area contributed by atoms with E-state index in [9.17, 15) is 0 Å². The fraction of sp³-hybridized carbons (Fsp3) is 0.250. The van der Waals surface area contributed by atoms with Gasteiger partial charge in [0.1, 0.15) is 5.52 Å². The van der Waals surface area contributed by atoms with Crippen LogP contribution in [0, 0.1) is 13.8 Å². The third-order valence-corrected chi connectivity index (χ3v) is 2.83. The predicted octanol–water partition coefficient (Wildman–Crippen LogP) is 1.77. The Labute approximate surface area is 98.7 Å². The van der Waals surface area contributed by atoms with E-state index in [1.54, 1.807) is 12.5 Å². The van der Waals surface area contributed by atoms with E-state index < -0.39 is 0 Å². The highest BCUT2D eigenvalue weighted by Crippen LogP contribution is 2.19. The summed E-state index contributed by atoms with van der Waals surface area (Å²) in [6, 6.07) is 3.99. The van der Waals surface area contributed by atoms with Gasteiger partial charge in [-0.25, -0.2) is 14.6 Å². The molecule has 5 heteroatoms. The van der Waals surface area contributed by atoms with Crippen molar-refractivity contribution in [2.75, 3.05) is 0 Å². The summed E-state index contributed by atoms with van der Waals surface area (Å²) in [7, 11) is 1.97. The SMILES string of the molecule is Cc1cc(C)n(-c2nccc3c2ncn3C)n1. The molecule has 0 saturated heterocycles. The van der Waals surface area contributed by atoms with Gasteiger partial charge in [-0.3, -0.25) is 0 Å². The predicted molar refractivity (Wildman–Crippen MR) is 65.1 cm³/mol. The van der Waals surface area contributed by atoms with E-state index in [-0.39, 0.29) is 0 Å². The van der Waals surface area contributed by atoms with Crippen LogP contribution < -0.4 is 0 Å². The smallest absolute Gasteiger partial charge is 0.181 e. The van der Waals surface area contributed by atoms with Gasteiger partial charge in [-0.05, 0) is 26.0 Å². The molecule has 3 aromatic rings. The van der Waals surface area contributed by atoms with Gasteiger partial charge in [-0.15, -0.1) is 0 Å². The van der Waals surface area contributed by atoms with Crippen LogP contribution in [0.5, 0.6) is 0 Å². The van der Waals surface area contributed by atoms with E-state index >= 15 is 0 Å². The minimum absolute atomic E-state index is 0.786. The zero-order valence-electron chi connectivity index (χ0n) is 10.0. The van der Waals surface area contributed by atoms with Crippen molar-refractivity contribution in [1.29, 1.82) is 0 Å². The molecule has 0 radical (unpaired) electrons. The molecule has 17 heavy (non-hydrogen) atoms. The summed E-state index contributed by atoms with van der Waals surface area (Å²) >= 11 is 0. The van der Waals surface area contributed by atoms with E-state index in [4.69, 9.17) is 0 Å². The van der Waals surface area contributed by atoms with Crippen molar-refractivity contribution in [2.45, 2.75) is 13.8 Å². The maximum absolute atomic E-state index is 4.44. The summed E-state index contributed by atoms with van der Waals surface area (Å²) < 4.78 is 3.82. The number of hydrogen-bond acceptors (Lipinski definition) is 3. The standard InChI is InChI=1S/C12H13N5/c1-8-6-9(2)17(15-8)12-11-10(4-5-13-12)16(3)7-14-11/h4-7H,1-3H3. The van der Waals surface area contributed by atoms with Crippen LogP contribution in [0.2, 0.25) is 0 Å². The molecule has 0 aliphatic heterocycles. The van der Waals surface area contributed by atoms with Gasteiger partial charge in [0, 0.05) is 18.9 Å². The fourth-order valence-electron chi connectivity index (χ4n) is 2.05. The van der Waals surface area contributed by atoms with Gasteiger partial charge >= 0.3 is 0 Å². The average Bonchev–Trinajstić information content (AvgIpc) is 2.83. The van der Waals surface area contributed by atoms with Crippen LogP contribution >= 0.6 is 0 Å². The molecule has 0 bridgehead atoms. The van der Waals surface area contributed by atoms with Crippen LogP contribution in [-0.2, 0) is 7.05 Å². The number of rotatable bonds is 1. The summed E-state index contributed by atoms with van der Waals surface area (Å²) in [5.74, 6) is 0.786. The minimum atomic E-state index is 0.786. The first-order valence-electron chi connectivity index (χ1n) is 5.46. The van der Waals surface area contributed by atoms with Crippen LogP contribution in [0.3, 0.4) is 0 Å². The van der Waals surface area contributed by atoms with Gasteiger partial charge in [0.05, 0.1) is 17.5 Å². The Hall–Kier alpha value is -2.17. The lowest BCUT2D eigenvalue weighted by atomic mass is 10.3. The molecule has 5 nitrogen and oxygen atoms in total. The number of imidazole rings is 1. The molecule has 0 saturated carbocycles. The first-order valence-corrected chi connectivity index (χ1v) is 5.46. The van der Waals surface area contributed by atoms with Crippen molar-refractivity contribution in [3.63, 3.8) is 0 Å². The van der Waals surface area contributed by atoms with Gasteiger partial charge in [-0.2, -0.15) is 5.10 Å². The molecular formula is C12H13N5. The number of hydrogen-bond donors (Lipinski definition) is 0. The molecule has 0 fully saturated rings. The molecule has 3 heterocycles. The number of aromatic nitrogens is 5. The Morgan fingerprint density at radius 2 is 2.00 bits per heavy atom. The maximum Gasteiger partial charge on any atom is 0.181 e. The number of nitrogens with zero attached hydrogens (tertiary/aromatic N) is 5. The summed E-state index contributed by atoms with van der Waals surface area (Å²) in [6.07, 6.45) is 3.58. The second-order valence-electron chi connectivity index (χ2n) is 4.20. The first-order chi connectivity index (χ1) is 8.16. The lowest BCUT2D eigenvalue weighted by Crippen LogP contribution is -2.02. The number of aryl methyl sites for hydroxylation is 3. The second kappa shape index (κ2) is 3.41. The third-order valence-electron chi connectivity index (χ3n) is 2.83. The van der Waals surface area contributed by atoms with Gasteiger partial charge in [0.25, 0.3) is 0 Å². The van der Waals surface area contributed by atoms with Gasteiger partial charge < -0.3 is 4.57 Å². The summed E-state index contributed by atoms with van der Waals surface area (Å²) in [5, 5.41) is 4.44. The molecule has 0 amide bonds. The molecule has 0 aliphatic rings. The topological polar surface area (TPSA) is 48.5 Å². The Kier molecular flexibility index (Phi) is 2.01. The van der Waals surface area contributed by atoms with E-state index in [0.717, 1.165) is 28.2 Å². The highest BCUT2D eigenvalue weighted by molar-refractivity contribution is 5.81. The summed E-state index contributed by atoms with van der Waals surface area (Å²) in [5.41, 5.74) is 3.98. The minimum Gasteiger partial charge on any atom is -0.334 e. The normalized spacial score (nSPS) is 11.2. The zero-order valence-corrected chi connectivity index (χ0v) is 10.0. The lowest BCUT2D eigenvalue weighted by Gasteiger charge is -2.04. The maximum atomic E-state index is 4.44. The third kappa shape index (κ3) is 1.43. The molecule has 0 spiro atoms. The molecule has 86 valence electrons. The van der Waals surface area contributed by atoms with Gasteiger partial charge in [0.2, 0.25) is 0 Å². The number of pyridine rings is 1. The van der Waals surface area contributed by atoms with Crippen LogP contribution in [0.15, 0.2) is 24.7 Å². The van der Waals surface area contributed by atoms with Crippen molar-refractivity contribution in [3.05, 3.63) is 36.0 Å². The Morgan fingerprint density at radius 3 is 2.71 bits per heavy atom. The molecule has 0 aliphatic carbocycles. The van der Waals surface area contributed by atoms with E-state index in [0.29, 0.717) is 0 Å². The zero-order chi connectivity index (χ0) is 12.0. The molecule has 3 aromatic heterocycles. The Morgan fingerprint density at radius 1 is 1.18 bits per heavy atom. The van der Waals surface area contributed by atoms with E-state index in [1.807, 2.05) is 42.3 Å². The molecule has 0 aromatic carbocycles. The highest BCUT2D eigenvalue weighted by atomic mass is 15.3. The van der Waals surface area contributed by atoms with Crippen LogP contribution in [-0.4, -0.2) is 24.3 Å². The first kappa shape index (κ1) is 10.0. The fourth-order valence-corrected chi connectivity index (χ4v) is 2.05. The van der Waals surface area contributed by atoms with E-state index in [1.165, 1.54) is 0 Å². The molecular weight excluding hydrogens is 214 g/mol. The highest BCUT2D eigenvalue weighted by Gasteiger charge is 2.11. The molecule has 0 unspecified atom stereocenters. The molecule has 0 atom stereocenters. The van der Waals surface area contributed by atoms with Crippen molar-refractivity contribution in [3.8, 4) is 5.82 Å². The van der Waals surface area contributed by atoms with E-state index in [2.05, 4.69) is 15.1 Å². The van der Waals surface area contributed by atoms with Gasteiger partial charge in [-0.1, -0.05) is 0 Å². The lowest BCUT2D eigenvalue weighted by molar-refractivity contribution is 0.811. The average molecular weight is 227 g/mol. The summed E-state index contributed by atoms with van der Waals surface area (Å²) in [4.78, 5) is 8.77. The largest absolute Gasteiger partial charge is 0.334 e. The van der Waals surface area contributed by atoms with Crippen molar-refractivity contribution < 1.29 is 0 Å². The monoisotopic (exact) mass is 227 g/mol. The molecule has 3 rings (SSSR count).